The summed E-state index contributed by atoms with van der Waals surface area (Å²) in [6, 6.07) is 0. The second kappa shape index (κ2) is 17.5. The van der Waals surface area contributed by atoms with Crippen LogP contribution in [0.2, 0.25) is 0 Å². The van der Waals surface area contributed by atoms with E-state index in [9.17, 15) is 4.79 Å². The minimum atomic E-state index is -0.833. The minimum absolute atomic E-state index is 0.146. The average molecular weight is 355 g/mol. The van der Waals surface area contributed by atoms with Crippen LogP contribution in [0, 0.1) is 5.92 Å². The van der Waals surface area contributed by atoms with Crippen LogP contribution in [0.1, 0.15) is 103 Å². The Morgan fingerprint density at radius 1 is 0.960 bits per heavy atom. The monoisotopic (exact) mass is 354 g/mol. The first-order valence-corrected chi connectivity index (χ1v) is 10.1. The van der Waals surface area contributed by atoms with E-state index in [-0.39, 0.29) is 5.97 Å². The molecule has 1 rings (SSSR count). The number of rotatable bonds is 12. The zero-order valence-electron chi connectivity index (χ0n) is 16.1. The summed E-state index contributed by atoms with van der Waals surface area (Å²) in [6.45, 7) is 4.46. The average Bonchev–Trinajstić information content (AvgIpc) is 2.57. The minimum Gasteiger partial charge on any atom is -0.481 e. The maximum atomic E-state index is 11.1. The molecular formula is C21H38O4. The second-order valence-electron chi connectivity index (χ2n) is 7.05. The van der Waals surface area contributed by atoms with Crippen molar-refractivity contribution in [3.8, 4) is 0 Å². The Balaban J connectivity index is 0.00000129. The summed E-state index contributed by atoms with van der Waals surface area (Å²) in [7, 11) is 0. The molecule has 0 heterocycles. The number of carboxylic acid groups (broad SMARTS) is 1. The highest BCUT2D eigenvalue weighted by molar-refractivity contribution is 5.69. The first-order chi connectivity index (χ1) is 12.1. The van der Waals surface area contributed by atoms with Gasteiger partial charge in [-0.3, -0.25) is 9.59 Å². The number of hydrogen-bond acceptors (Lipinski definition) is 3. The first kappa shape index (κ1) is 23.7. The number of carbonyl (C=O) groups excluding carboxylic acids is 1. The van der Waals surface area contributed by atoms with Crippen molar-refractivity contribution in [1.29, 1.82) is 0 Å². The van der Waals surface area contributed by atoms with Crippen LogP contribution in [0.4, 0.5) is 0 Å². The molecule has 1 aliphatic rings. The van der Waals surface area contributed by atoms with Crippen LogP contribution in [0.3, 0.4) is 0 Å². The summed E-state index contributed by atoms with van der Waals surface area (Å²) < 4.78 is 4.69. The third-order valence-corrected chi connectivity index (χ3v) is 4.68. The van der Waals surface area contributed by atoms with Crippen LogP contribution >= 0.6 is 0 Å². The predicted molar refractivity (Wildman–Crippen MR) is 102 cm³/mol. The van der Waals surface area contributed by atoms with E-state index in [0.717, 1.165) is 25.7 Å². The molecule has 0 aromatic rings. The molecule has 25 heavy (non-hydrogen) atoms. The largest absolute Gasteiger partial charge is 0.481 e. The Kier molecular flexibility index (Phi) is 16.6. The van der Waals surface area contributed by atoms with E-state index < -0.39 is 5.97 Å². The fraction of sp³-hybridized carbons (Fsp3) is 0.810. The Morgan fingerprint density at radius 3 is 1.96 bits per heavy atom. The lowest BCUT2D eigenvalue weighted by Gasteiger charge is -2.21. The summed E-state index contributed by atoms with van der Waals surface area (Å²) in [5.41, 5.74) is 0. The van der Waals surface area contributed by atoms with Gasteiger partial charge in [-0.25, -0.2) is 0 Å². The molecule has 0 aromatic heterocycles. The number of aliphatic carboxylic acids is 1. The molecule has 0 radical (unpaired) electrons. The molecule has 4 heteroatoms. The predicted octanol–water partition coefficient (Wildman–Crippen LogP) is 6.25. The zero-order chi connectivity index (χ0) is 18.8. The number of hydrogen-bond donors (Lipinski definition) is 1. The van der Waals surface area contributed by atoms with Crippen molar-refractivity contribution in [3.63, 3.8) is 0 Å². The van der Waals surface area contributed by atoms with E-state index in [0.29, 0.717) is 6.42 Å². The van der Waals surface area contributed by atoms with E-state index in [1.807, 2.05) is 0 Å². The molecule has 0 unspecified atom stereocenters. The van der Waals surface area contributed by atoms with E-state index in [1.165, 1.54) is 83.3 Å². The summed E-state index contributed by atoms with van der Waals surface area (Å²) >= 11 is 0. The van der Waals surface area contributed by atoms with Gasteiger partial charge in [-0.15, -0.1) is 0 Å². The van der Waals surface area contributed by atoms with Crippen molar-refractivity contribution in [2.45, 2.75) is 103 Å². The lowest BCUT2D eigenvalue weighted by Crippen LogP contribution is -2.05. The molecule has 0 atom stereocenters. The van der Waals surface area contributed by atoms with Crippen molar-refractivity contribution in [1.82, 2.24) is 0 Å². The van der Waals surface area contributed by atoms with Gasteiger partial charge in [0.25, 0.3) is 5.97 Å². The molecule has 146 valence electrons. The van der Waals surface area contributed by atoms with Crippen LogP contribution < -0.4 is 0 Å². The molecule has 0 saturated heterocycles. The first-order valence-electron chi connectivity index (χ1n) is 10.1. The maximum Gasteiger partial charge on any atom is 0.310 e. The summed E-state index contributed by atoms with van der Waals surface area (Å²) in [5.74, 6) is 0.0711. The fourth-order valence-corrected chi connectivity index (χ4v) is 3.39. The molecule has 0 spiro atoms. The van der Waals surface area contributed by atoms with Gasteiger partial charge in [0.15, 0.2) is 0 Å². The molecule has 4 nitrogen and oxygen atoms in total. The van der Waals surface area contributed by atoms with E-state index in [2.05, 4.69) is 11.3 Å². The third-order valence-electron chi connectivity index (χ3n) is 4.68. The number of ether oxygens (including phenoxy) is 1. The van der Waals surface area contributed by atoms with Gasteiger partial charge in [-0.1, -0.05) is 90.0 Å². The molecule has 1 saturated carbocycles. The molecular weight excluding hydrogens is 316 g/mol. The van der Waals surface area contributed by atoms with Crippen LogP contribution in [-0.2, 0) is 14.3 Å². The van der Waals surface area contributed by atoms with Crippen molar-refractivity contribution in [2.24, 2.45) is 5.92 Å². The molecule has 1 fully saturated rings. The van der Waals surface area contributed by atoms with Crippen LogP contribution in [0.5, 0.6) is 0 Å². The summed E-state index contributed by atoms with van der Waals surface area (Å²) in [6.07, 6.45) is 20.9. The Hall–Kier alpha value is -1.32. The van der Waals surface area contributed by atoms with Gasteiger partial charge in [0.2, 0.25) is 0 Å². The summed E-state index contributed by atoms with van der Waals surface area (Å²) in [5, 5.41) is 7.42. The topological polar surface area (TPSA) is 63.6 Å². The van der Waals surface area contributed by atoms with Crippen molar-refractivity contribution in [2.75, 3.05) is 0 Å². The fourth-order valence-electron chi connectivity index (χ4n) is 3.39. The molecule has 0 aliphatic heterocycles. The van der Waals surface area contributed by atoms with Gasteiger partial charge >= 0.3 is 5.97 Å². The van der Waals surface area contributed by atoms with Crippen LogP contribution in [-0.4, -0.2) is 17.0 Å². The van der Waals surface area contributed by atoms with Gasteiger partial charge in [0.05, 0.1) is 6.26 Å². The van der Waals surface area contributed by atoms with Gasteiger partial charge in [0.1, 0.15) is 0 Å². The molecule has 0 bridgehead atoms. The number of unbranched alkanes of at least 4 members (excludes halogenated alkanes) is 7. The quantitative estimate of drug-likeness (QED) is 0.256. The van der Waals surface area contributed by atoms with Gasteiger partial charge in [-0.05, 0) is 12.3 Å². The SMILES string of the molecule is C=COC(=O)CCCCCCCCCCC1CCCCC1.CC(=O)O. The van der Waals surface area contributed by atoms with Crippen molar-refractivity contribution >= 4 is 11.9 Å². The van der Waals surface area contributed by atoms with Crippen molar-refractivity contribution in [3.05, 3.63) is 12.8 Å². The van der Waals surface area contributed by atoms with E-state index in [1.54, 1.807) is 0 Å². The van der Waals surface area contributed by atoms with Crippen molar-refractivity contribution < 1.29 is 19.4 Å². The number of carbonyl (C=O) groups is 2. The molecule has 0 amide bonds. The Labute approximate surface area is 154 Å². The second-order valence-corrected chi connectivity index (χ2v) is 7.05. The summed E-state index contributed by atoms with van der Waals surface area (Å²) in [4.78, 5) is 20.1. The number of esters is 1. The van der Waals surface area contributed by atoms with Gasteiger partial charge in [0, 0.05) is 13.3 Å². The maximum absolute atomic E-state index is 11.1. The van der Waals surface area contributed by atoms with Gasteiger partial charge in [-0.2, -0.15) is 0 Å². The van der Waals surface area contributed by atoms with Crippen LogP contribution in [0.25, 0.3) is 0 Å². The third kappa shape index (κ3) is 18.9. The highest BCUT2D eigenvalue weighted by atomic mass is 16.5. The standard InChI is InChI=1S/C19H34O2.C2H4O2/c1-2-21-19(20)17-13-8-6-4-3-5-7-10-14-18-15-11-9-12-16-18;1-2(3)4/h2,18H,1,3-17H2;1H3,(H,3,4). The van der Waals surface area contributed by atoms with E-state index in [4.69, 9.17) is 9.90 Å². The number of carboxylic acids is 1. The van der Waals surface area contributed by atoms with Gasteiger partial charge < -0.3 is 9.84 Å². The lowest BCUT2D eigenvalue weighted by molar-refractivity contribution is -0.138. The molecule has 1 aliphatic carbocycles. The van der Waals surface area contributed by atoms with Crippen LogP contribution in [0.15, 0.2) is 12.8 Å². The smallest absolute Gasteiger partial charge is 0.310 e. The normalized spacial score (nSPS) is 14.3. The Bertz CT molecular complexity index is 342. The molecule has 0 aromatic carbocycles. The zero-order valence-corrected chi connectivity index (χ0v) is 16.1. The van der Waals surface area contributed by atoms with E-state index >= 15 is 0 Å². The highest BCUT2D eigenvalue weighted by Gasteiger charge is 2.12. The lowest BCUT2D eigenvalue weighted by atomic mass is 9.85. The molecule has 1 N–H and O–H groups in total. The highest BCUT2D eigenvalue weighted by Crippen LogP contribution is 2.28. The Morgan fingerprint density at radius 2 is 1.44 bits per heavy atom.